The average molecular weight is 416 g/mol. The number of hydrogen-bond donors (Lipinski definition) is 2. The molecule has 0 heterocycles. The van der Waals surface area contributed by atoms with Crippen LogP contribution in [0, 0.1) is 24.6 Å². The van der Waals surface area contributed by atoms with Gasteiger partial charge in [-0.3, -0.25) is 0 Å². The highest BCUT2D eigenvalue weighted by atomic mass is 19.1. The van der Waals surface area contributed by atoms with Gasteiger partial charge in [-0.2, -0.15) is 0 Å². The van der Waals surface area contributed by atoms with Gasteiger partial charge in [0.15, 0.2) is 0 Å². The summed E-state index contributed by atoms with van der Waals surface area (Å²) in [6.07, 6.45) is 3.50. The number of carboxylic acid groups (broad SMARTS) is 1. The van der Waals surface area contributed by atoms with E-state index in [0.717, 1.165) is 23.1 Å². The fraction of sp³-hybridized carbons (Fsp3) is 0.222. The largest absolute Gasteiger partial charge is 0.478 e. The molecule has 0 atom stereocenters. The number of rotatable bonds is 7. The number of carbonyl (C=O) groups is 1. The van der Waals surface area contributed by atoms with Gasteiger partial charge in [0.2, 0.25) is 0 Å². The second-order valence-electron chi connectivity index (χ2n) is 7.56. The maximum absolute atomic E-state index is 13.9. The van der Waals surface area contributed by atoms with E-state index in [1.165, 1.54) is 24.5 Å². The third-order valence-electron chi connectivity index (χ3n) is 5.06. The van der Waals surface area contributed by atoms with E-state index in [4.69, 9.17) is 5.11 Å². The molecule has 0 aliphatic heterocycles. The second-order valence-corrected chi connectivity index (χ2v) is 7.56. The fourth-order valence-corrected chi connectivity index (χ4v) is 3.22. The molecule has 0 aromatic heterocycles. The van der Waals surface area contributed by atoms with Gasteiger partial charge in [-0.15, -0.1) is 0 Å². The predicted octanol–water partition coefficient (Wildman–Crippen LogP) is 6.19. The van der Waals surface area contributed by atoms with Gasteiger partial charge in [-0.1, -0.05) is 49.5 Å². The molecule has 4 heteroatoms. The monoisotopic (exact) mass is 415 g/mol. The number of aromatic carboxylic acids is 1. The molecule has 0 aliphatic rings. The molecule has 31 heavy (non-hydrogen) atoms. The Morgan fingerprint density at radius 1 is 0.968 bits per heavy atom. The van der Waals surface area contributed by atoms with E-state index in [1.807, 2.05) is 24.3 Å². The van der Waals surface area contributed by atoms with Crippen molar-refractivity contribution in [3.8, 4) is 11.8 Å². The van der Waals surface area contributed by atoms with Crippen LogP contribution in [0.25, 0.3) is 0 Å². The van der Waals surface area contributed by atoms with Crippen molar-refractivity contribution in [2.45, 2.75) is 39.7 Å². The van der Waals surface area contributed by atoms with Gasteiger partial charge < -0.3 is 10.4 Å². The summed E-state index contributed by atoms with van der Waals surface area (Å²) in [5, 5.41) is 12.3. The number of anilines is 1. The van der Waals surface area contributed by atoms with Crippen LogP contribution < -0.4 is 5.32 Å². The van der Waals surface area contributed by atoms with E-state index in [9.17, 15) is 9.18 Å². The first kappa shape index (κ1) is 22.1. The number of benzene rings is 3. The predicted molar refractivity (Wildman–Crippen MR) is 123 cm³/mol. The van der Waals surface area contributed by atoms with E-state index >= 15 is 0 Å². The molecular weight excluding hydrogens is 389 g/mol. The lowest BCUT2D eigenvalue weighted by Crippen LogP contribution is -2.06. The van der Waals surface area contributed by atoms with Crippen molar-refractivity contribution in [2.24, 2.45) is 0 Å². The zero-order chi connectivity index (χ0) is 22.2. The minimum atomic E-state index is -1.28. The van der Waals surface area contributed by atoms with Gasteiger partial charge in [-0.05, 0) is 72.9 Å². The summed E-state index contributed by atoms with van der Waals surface area (Å²) in [5.41, 5.74) is 4.82. The van der Waals surface area contributed by atoms with Crippen molar-refractivity contribution in [1.29, 1.82) is 0 Å². The van der Waals surface area contributed by atoms with Crippen molar-refractivity contribution in [2.75, 3.05) is 5.32 Å². The fourth-order valence-electron chi connectivity index (χ4n) is 3.22. The summed E-state index contributed by atoms with van der Waals surface area (Å²) in [7, 11) is 0. The molecule has 0 aliphatic carbocycles. The maximum atomic E-state index is 13.9. The highest BCUT2D eigenvalue weighted by molar-refractivity contribution is 5.89. The minimum absolute atomic E-state index is 0.298. The summed E-state index contributed by atoms with van der Waals surface area (Å²) in [6, 6.07) is 19.2. The maximum Gasteiger partial charge on any atom is 0.338 e. The first-order valence-corrected chi connectivity index (χ1v) is 10.4. The van der Waals surface area contributed by atoms with E-state index in [2.05, 4.69) is 48.3 Å². The minimum Gasteiger partial charge on any atom is -0.478 e. The molecule has 3 rings (SSSR count). The number of aryl methyl sites for hydroxylation is 2. The van der Waals surface area contributed by atoms with Crippen LogP contribution in [0.3, 0.4) is 0 Å². The summed E-state index contributed by atoms with van der Waals surface area (Å²) >= 11 is 0. The van der Waals surface area contributed by atoms with Crippen LogP contribution in [0.2, 0.25) is 0 Å². The third kappa shape index (κ3) is 6.20. The van der Waals surface area contributed by atoms with E-state index in [-0.39, 0.29) is 5.56 Å². The Morgan fingerprint density at radius 2 is 1.55 bits per heavy atom. The summed E-state index contributed by atoms with van der Waals surface area (Å²) in [5.74, 6) is 4.40. The normalized spacial score (nSPS) is 10.3. The van der Waals surface area contributed by atoms with Crippen LogP contribution in [0.1, 0.15) is 57.9 Å². The summed E-state index contributed by atoms with van der Waals surface area (Å²) in [6.45, 7) is 4.25. The Hall–Kier alpha value is -3.58. The third-order valence-corrected chi connectivity index (χ3v) is 5.06. The topological polar surface area (TPSA) is 49.3 Å². The zero-order valence-corrected chi connectivity index (χ0v) is 17.8. The molecule has 0 unspecified atom stereocenters. The van der Waals surface area contributed by atoms with Crippen LogP contribution in [-0.4, -0.2) is 11.1 Å². The number of carboxylic acids is 1. The lowest BCUT2D eigenvalue weighted by molar-refractivity contribution is 0.0691. The number of unbranched alkanes of at least 4 members (excludes halogenated alkanes) is 1. The van der Waals surface area contributed by atoms with Crippen LogP contribution in [0.15, 0.2) is 60.7 Å². The molecule has 0 fully saturated rings. The zero-order valence-electron chi connectivity index (χ0n) is 17.8. The molecule has 0 radical (unpaired) electrons. The van der Waals surface area contributed by atoms with Crippen LogP contribution >= 0.6 is 0 Å². The molecule has 3 aromatic rings. The SMILES string of the molecule is CCCCc1ccc(C#Cc2ccc(CNc3cc(C)c(F)c(C(=O)O)c3)cc2)cc1. The number of nitrogens with one attached hydrogen (secondary N) is 1. The number of hydrogen-bond acceptors (Lipinski definition) is 2. The Kier molecular flexibility index (Phi) is 7.45. The highest BCUT2D eigenvalue weighted by Gasteiger charge is 2.14. The van der Waals surface area contributed by atoms with Gasteiger partial charge in [0.1, 0.15) is 5.82 Å². The summed E-state index contributed by atoms with van der Waals surface area (Å²) in [4.78, 5) is 11.2. The Bertz CT molecular complexity index is 1110. The standard InChI is InChI=1S/C27H26FNO2/c1-3-4-5-20-6-8-21(9-7-20)10-11-22-12-14-23(15-13-22)18-29-24-16-19(2)26(28)25(17-24)27(30)31/h6-9,12-17,29H,3-5,18H2,1-2H3,(H,30,31). The van der Waals surface area contributed by atoms with Gasteiger partial charge in [0.25, 0.3) is 0 Å². The van der Waals surface area contributed by atoms with Crippen molar-refractivity contribution in [3.05, 3.63) is 99.9 Å². The molecule has 158 valence electrons. The second kappa shape index (κ2) is 10.4. The molecule has 3 aromatic carbocycles. The first-order chi connectivity index (χ1) is 15.0. The average Bonchev–Trinajstić information content (AvgIpc) is 2.78. The molecule has 0 amide bonds. The molecule has 2 N–H and O–H groups in total. The van der Waals surface area contributed by atoms with Crippen LogP contribution in [0.4, 0.5) is 10.1 Å². The smallest absolute Gasteiger partial charge is 0.338 e. The molecular formula is C27H26FNO2. The Labute approximate surface area is 183 Å². The van der Waals surface area contributed by atoms with Gasteiger partial charge >= 0.3 is 5.97 Å². The summed E-state index contributed by atoms with van der Waals surface area (Å²) < 4.78 is 13.9. The molecule has 3 nitrogen and oxygen atoms in total. The lowest BCUT2D eigenvalue weighted by atomic mass is 10.1. The van der Waals surface area contributed by atoms with E-state index < -0.39 is 11.8 Å². The van der Waals surface area contributed by atoms with E-state index in [1.54, 1.807) is 13.0 Å². The number of halogens is 1. The molecule has 0 bridgehead atoms. The van der Waals surface area contributed by atoms with E-state index in [0.29, 0.717) is 17.8 Å². The van der Waals surface area contributed by atoms with Crippen molar-refractivity contribution < 1.29 is 14.3 Å². The lowest BCUT2D eigenvalue weighted by Gasteiger charge is -2.10. The first-order valence-electron chi connectivity index (χ1n) is 10.4. The van der Waals surface area contributed by atoms with Crippen molar-refractivity contribution in [3.63, 3.8) is 0 Å². The van der Waals surface area contributed by atoms with Crippen molar-refractivity contribution >= 4 is 11.7 Å². The van der Waals surface area contributed by atoms with Crippen LogP contribution in [0.5, 0.6) is 0 Å². The van der Waals surface area contributed by atoms with Gasteiger partial charge in [-0.25, -0.2) is 9.18 Å². The van der Waals surface area contributed by atoms with Gasteiger partial charge in [0.05, 0.1) is 5.56 Å². The quantitative estimate of drug-likeness (QED) is 0.453. The molecule has 0 saturated heterocycles. The Morgan fingerprint density at radius 3 is 2.10 bits per heavy atom. The molecule has 0 spiro atoms. The Balaban J connectivity index is 1.61. The van der Waals surface area contributed by atoms with Gasteiger partial charge in [0, 0.05) is 23.4 Å². The van der Waals surface area contributed by atoms with Crippen molar-refractivity contribution in [1.82, 2.24) is 0 Å². The molecule has 0 saturated carbocycles. The highest BCUT2D eigenvalue weighted by Crippen LogP contribution is 2.20. The van der Waals surface area contributed by atoms with Crippen LogP contribution in [-0.2, 0) is 13.0 Å².